The summed E-state index contributed by atoms with van der Waals surface area (Å²) in [5, 5.41) is 8.30. The molecular weight excluding hydrogens is 271 g/mol. The van der Waals surface area contributed by atoms with Crippen molar-refractivity contribution in [1.82, 2.24) is 0 Å². The maximum absolute atomic E-state index is 13.0. The van der Waals surface area contributed by atoms with E-state index in [1.807, 2.05) is 0 Å². The number of rotatable bonds is 5. The molecule has 0 aliphatic rings. The fourth-order valence-corrected chi connectivity index (χ4v) is 2.63. The smallest absolute Gasteiger partial charge is 0.304 e. The maximum Gasteiger partial charge on any atom is 0.304 e. The van der Waals surface area contributed by atoms with Gasteiger partial charge in [0.05, 0.1) is 22.9 Å². The van der Waals surface area contributed by atoms with Crippen molar-refractivity contribution < 1.29 is 22.7 Å². The van der Waals surface area contributed by atoms with E-state index in [9.17, 15) is 17.6 Å². The molecule has 7 heteroatoms. The molecule has 0 bridgehead atoms. The Bertz CT molecular complexity index is 527. The predicted molar refractivity (Wildman–Crippen MR) is 61.2 cm³/mol. The van der Waals surface area contributed by atoms with Crippen molar-refractivity contribution in [1.29, 1.82) is 0 Å². The molecule has 0 amide bonds. The minimum Gasteiger partial charge on any atom is -0.481 e. The van der Waals surface area contributed by atoms with E-state index < -0.39 is 39.6 Å². The van der Waals surface area contributed by atoms with E-state index in [4.69, 9.17) is 16.7 Å². The number of hydrogen-bond donors (Lipinski definition) is 1. The maximum atomic E-state index is 13.0. The summed E-state index contributed by atoms with van der Waals surface area (Å²) in [7, 11) is -3.55. The first kappa shape index (κ1) is 13.9. The van der Waals surface area contributed by atoms with Crippen LogP contribution in [0.25, 0.3) is 0 Å². The standard InChI is InChI=1S/C10H10ClFO4S/c11-8-2-1-7(5-9(8)12)6-17(15,16)4-3-10(13)14/h1-2,5H,3-4,6H2,(H,13,14). The summed E-state index contributed by atoms with van der Waals surface area (Å²) in [5.74, 6) is -2.74. The lowest BCUT2D eigenvalue weighted by Crippen LogP contribution is -2.13. The lowest BCUT2D eigenvalue weighted by Gasteiger charge is -2.04. The second-order valence-corrected chi connectivity index (χ2v) is 6.08. The molecule has 0 fully saturated rings. The van der Waals surface area contributed by atoms with Gasteiger partial charge in [-0.05, 0) is 17.7 Å². The highest BCUT2D eigenvalue weighted by molar-refractivity contribution is 7.90. The number of benzene rings is 1. The Morgan fingerprint density at radius 1 is 1.41 bits per heavy atom. The van der Waals surface area contributed by atoms with Gasteiger partial charge in [-0.2, -0.15) is 0 Å². The molecule has 1 N–H and O–H groups in total. The molecule has 1 aromatic carbocycles. The van der Waals surface area contributed by atoms with Crippen LogP contribution in [0.2, 0.25) is 5.02 Å². The number of carboxylic acid groups (broad SMARTS) is 1. The molecule has 0 unspecified atom stereocenters. The second kappa shape index (κ2) is 5.46. The van der Waals surface area contributed by atoms with Gasteiger partial charge < -0.3 is 5.11 Å². The van der Waals surface area contributed by atoms with Crippen LogP contribution in [0.5, 0.6) is 0 Å². The fraction of sp³-hybridized carbons (Fsp3) is 0.300. The van der Waals surface area contributed by atoms with Crippen molar-refractivity contribution in [3.8, 4) is 0 Å². The molecule has 4 nitrogen and oxygen atoms in total. The first-order valence-corrected chi connectivity index (χ1v) is 6.86. The van der Waals surface area contributed by atoms with Crippen LogP contribution >= 0.6 is 11.6 Å². The summed E-state index contributed by atoms with van der Waals surface area (Å²) in [6, 6.07) is 3.68. The van der Waals surface area contributed by atoms with Gasteiger partial charge in [-0.3, -0.25) is 4.79 Å². The molecule has 1 rings (SSSR count). The van der Waals surface area contributed by atoms with Crippen molar-refractivity contribution in [2.75, 3.05) is 5.75 Å². The van der Waals surface area contributed by atoms with Gasteiger partial charge in [-0.15, -0.1) is 0 Å². The molecule has 17 heavy (non-hydrogen) atoms. The van der Waals surface area contributed by atoms with E-state index in [2.05, 4.69) is 0 Å². The van der Waals surface area contributed by atoms with Gasteiger partial charge in [0.15, 0.2) is 9.84 Å². The van der Waals surface area contributed by atoms with Crippen molar-refractivity contribution in [2.24, 2.45) is 0 Å². The monoisotopic (exact) mass is 280 g/mol. The van der Waals surface area contributed by atoms with Crippen LogP contribution in [-0.2, 0) is 20.4 Å². The van der Waals surface area contributed by atoms with Crippen LogP contribution in [0.1, 0.15) is 12.0 Å². The molecule has 94 valence electrons. The summed E-state index contributed by atoms with van der Waals surface area (Å²) in [4.78, 5) is 10.3. The van der Waals surface area contributed by atoms with Gasteiger partial charge in [0.2, 0.25) is 0 Å². The lowest BCUT2D eigenvalue weighted by atomic mass is 10.2. The normalized spacial score (nSPS) is 11.4. The van der Waals surface area contributed by atoms with Crippen LogP contribution in [0, 0.1) is 5.82 Å². The summed E-state index contributed by atoms with van der Waals surface area (Å²) in [5.41, 5.74) is 0.247. The van der Waals surface area contributed by atoms with Crippen LogP contribution in [0.3, 0.4) is 0 Å². The first-order valence-electron chi connectivity index (χ1n) is 4.66. The quantitative estimate of drug-likeness (QED) is 0.894. The highest BCUT2D eigenvalue weighted by Crippen LogP contribution is 2.17. The number of aliphatic carboxylic acids is 1. The van der Waals surface area contributed by atoms with Gasteiger partial charge in [-0.1, -0.05) is 17.7 Å². The second-order valence-electron chi connectivity index (χ2n) is 3.48. The van der Waals surface area contributed by atoms with Gasteiger partial charge in [0.25, 0.3) is 0 Å². The van der Waals surface area contributed by atoms with Gasteiger partial charge in [-0.25, -0.2) is 12.8 Å². The molecule has 0 saturated carbocycles. The molecule has 0 radical (unpaired) electrons. The van der Waals surface area contributed by atoms with Crippen LogP contribution in [-0.4, -0.2) is 25.2 Å². The van der Waals surface area contributed by atoms with E-state index in [1.54, 1.807) is 0 Å². The van der Waals surface area contributed by atoms with Crippen molar-refractivity contribution in [3.63, 3.8) is 0 Å². The Labute approximate surface area is 103 Å². The third-order valence-electron chi connectivity index (χ3n) is 2.00. The zero-order valence-corrected chi connectivity index (χ0v) is 10.3. The Morgan fingerprint density at radius 2 is 2.06 bits per heavy atom. The third-order valence-corrected chi connectivity index (χ3v) is 3.90. The molecule has 0 spiro atoms. The number of carboxylic acids is 1. The van der Waals surface area contributed by atoms with Crippen molar-refractivity contribution in [2.45, 2.75) is 12.2 Å². The van der Waals surface area contributed by atoms with E-state index >= 15 is 0 Å². The third kappa shape index (κ3) is 4.70. The Kier molecular flexibility index (Phi) is 4.47. The minimum atomic E-state index is -3.55. The molecule has 1 aromatic rings. The molecule has 0 aliphatic carbocycles. The number of sulfone groups is 1. The molecule has 0 saturated heterocycles. The summed E-state index contributed by atoms with van der Waals surface area (Å²) in [6.45, 7) is 0. The summed E-state index contributed by atoms with van der Waals surface area (Å²) < 4.78 is 36.0. The van der Waals surface area contributed by atoms with Gasteiger partial charge in [0.1, 0.15) is 5.82 Å². The molecule has 0 heterocycles. The fourth-order valence-electron chi connectivity index (χ4n) is 1.20. The van der Waals surface area contributed by atoms with Crippen molar-refractivity contribution >= 4 is 27.4 Å². The van der Waals surface area contributed by atoms with Crippen molar-refractivity contribution in [3.05, 3.63) is 34.6 Å². The first-order chi connectivity index (χ1) is 7.80. The van der Waals surface area contributed by atoms with E-state index in [0.717, 1.165) is 6.07 Å². The highest BCUT2D eigenvalue weighted by Gasteiger charge is 2.15. The van der Waals surface area contributed by atoms with E-state index in [-0.39, 0.29) is 10.6 Å². The number of carbonyl (C=O) groups is 1. The highest BCUT2D eigenvalue weighted by atomic mass is 35.5. The summed E-state index contributed by atoms with van der Waals surface area (Å²) in [6.07, 6.45) is -0.460. The van der Waals surface area contributed by atoms with Crippen LogP contribution in [0.4, 0.5) is 4.39 Å². The van der Waals surface area contributed by atoms with E-state index in [0.29, 0.717) is 0 Å². The SMILES string of the molecule is O=C(O)CCS(=O)(=O)Cc1ccc(Cl)c(F)c1. The molecule has 0 aliphatic heterocycles. The molecule has 0 aromatic heterocycles. The predicted octanol–water partition coefficient (Wildman–Crippen LogP) is 1.87. The lowest BCUT2D eigenvalue weighted by molar-refractivity contribution is -0.136. The zero-order chi connectivity index (χ0) is 13.1. The average molecular weight is 281 g/mol. The summed E-state index contributed by atoms with van der Waals surface area (Å²) >= 11 is 5.45. The largest absolute Gasteiger partial charge is 0.481 e. The number of hydrogen-bond acceptors (Lipinski definition) is 3. The Balaban J connectivity index is 2.76. The molecular formula is C10H10ClFO4S. The van der Waals surface area contributed by atoms with E-state index in [1.165, 1.54) is 12.1 Å². The van der Waals surface area contributed by atoms with Gasteiger partial charge >= 0.3 is 5.97 Å². The van der Waals surface area contributed by atoms with Gasteiger partial charge in [0, 0.05) is 0 Å². The van der Waals surface area contributed by atoms with Crippen LogP contribution < -0.4 is 0 Å². The zero-order valence-electron chi connectivity index (χ0n) is 8.69. The Hall–Kier alpha value is -1.14. The topological polar surface area (TPSA) is 71.4 Å². The minimum absolute atomic E-state index is 0.0864. The average Bonchev–Trinajstić information content (AvgIpc) is 2.21. The molecule has 0 atom stereocenters. The Morgan fingerprint density at radius 3 is 2.59 bits per heavy atom. The number of halogens is 2. The van der Waals surface area contributed by atoms with Crippen LogP contribution in [0.15, 0.2) is 18.2 Å².